The van der Waals surface area contributed by atoms with Crippen LogP contribution in [-0.2, 0) is 19.5 Å². The predicted molar refractivity (Wildman–Crippen MR) is 90.6 cm³/mol. The molecule has 0 aliphatic rings. The maximum Gasteiger partial charge on any atom is 2.00 e. The summed E-state index contributed by atoms with van der Waals surface area (Å²) in [6.07, 6.45) is 2.54. The van der Waals surface area contributed by atoms with Crippen molar-refractivity contribution in [1.29, 1.82) is 0 Å². The second-order valence-electron chi connectivity index (χ2n) is 5.13. The maximum absolute atomic E-state index is 11.9. The molecule has 0 aliphatic carbocycles. The molecule has 2 N–H and O–H groups in total. The first-order valence-corrected chi connectivity index (χ1v) is 7.48. The van der Waals surface area contributed by atoms with Crippen LogP contribution in [0.4, 0.5) is 0 Å². The predicted octanol–water partition coefficient (Wildman–Crippen LogP) is 0.766. The summed E-state index contributed by atoms with van der Waals surface area (Å²) < 4.78 is 0. The van der Waals surface area contributed by atoms with Gasteiger partial charge in [-0.3, -0.25) is 9.98 Å². The van der Waals surface area contributed by atoms with E-state index in [-0.39, 0.29) is 54.8 Å². The standard InChI is InChI=1S/C18H16N2O6.Zn/c21-15-11(3-1-5-13(15)17(23)24)9-19-7-8-20-10-12-4-2-6-14(16(12)22)18(25)26;/h1-6,9-10,21-22H,7-8H2,(H,23,24)(H,25,26);/q;+2/p-2. The molecule has 0 radical (unpaired) electrons. The summed E-state index contributed by atoms with van der Waals surface area (Å²) in [5.41, 5.74) is -0.337. The molecule has 0 unspecified atom stereocenters. The van der Waals surface area contributed by atoms with E-state index in [0.29, 0.717) is 0 Å². The van der Waals surface area contributed by atoms with Gasteiger partial charge in [-0.15, -0.1) is 0 Å². The third-order valence-corrected chi connectivity index (χ3v) is 3.37. The minimum atomic E-state index is -1.30. The quantitative estimate of drug-likeness (QED) is 0.385. The van der Waals surface area contributed by atoms with Crippen molar-refractivity contribution < 1.29 is 49.5 Å². The molecule has 0 atom stereocenters. The summed E-state index contributed by atoms with van der Waals surface area (Å²) in [5, 5.41) is 41.5. The zero-order valence-electron chi connectivity index (χ0n) is 14.2. The van der Waals surface area contributed by atoms with E-state index < -0.39 is 23.4 Å². The average molecular weight is 420 g/mol. The van der Waals surface area contributed by atoms with Crippen LogP contribution in [0.25, 0.3) is 0 Å². The Morgan fingerprint density at radius 2 is 1.19 bits per heavy atom. The first-order chi connectivity index (χ1) is 12.4. The second kappa shape index (κ2) is 10.2. The van der Waals surface area contributed by atoms with E-state index in [4.69, 9.17) is 10.2 Å². The molecule has 9 heteroatoms. The first-order valence-electron chi connectivity index (χ1n) is 7.48. The van der Waals surface area contributed by atoms with Crippen molar-refractivity contribution in [2.45, 2.75) is 0 Å². The Hall–Kier alpha value is -3.06. The summed E-state index contributed by atoms with van der Waals surface area (Å²) in [7, 11) is 0. The Kier molecular flexibility index (Phi) is 8.29. The molecule has 0 aliphatic heterocycles. The first kappa shape index (κ1) is 22.0. The summed E-state index contributed by atoms with van der Waals surface area (Å²) >= 11 is 0. The minimum Gasteiger partial charge on any atom is -0.871 e. The number of carbonyl (C=O) groups is 2. The Morgan fingerprint density at radius 1 is 0.815 bits per heavy atom. The number of aromatic carboxylic acids is 2. The molecule has 134 valence electrons. The van der Waals surface area contributed by atoms with Gasteiger partial charge in [-0.2, -0.15) is 0 Å². The summed E-state index contributed by atoms with van der Waals surface area (Å²) in [4.78, 5) is 29.8. The second-order valence-corrected chi connectivity index (χ2v) is 5.13. The molecule has 2 aromatic carbocycles. The maximum atomic E-state index is 11.9. The number of carboxylic acid groups (broad SMARTS) is 2. The van der Waals surface area contributed by atoms with E-state index in [1.165, 1.54) is 48.8 Å². The molecule has 0 bridgehead atoms. The molecular formula is C18H14N2O6Zn. The fourth-order valence-corrected chi connectivity index (χ4v) is 2.09. The Labute approximate surface area is 167 Å². The zero-order valence-corrected chi connectivity index (χ0v) is 17.1. The monoisotopic (exact) mass is 418 g/mol. The normalized spacial score (nSPS) is 10.8. The molecule has 2 aromatic rings. The summed E-state index contributed by atoms with van der Waals surface area (Å²) in [6.45, 7) is 0.417. The number of aliphatic imine (C=N–C) groups is 2. The number of benzene rings is 2. The molecule has 0 spiro atoms. The van der Waals surface area contributed by atoms with E-state index in [0.717, 1.165) is 0 Å². The molecule has 8 nitrogen and oxygen atoms in total. The van der Waals surface area contributed by atoms with Crippen LogP contribution >= 0.6 is 0 Å². The van der Waals surface area contributed by atoms with E-state index in [2.05, 4.69) is 9.98 Å². The largest absolute Gasteiger partial charge is 2.00 e. The van der Waals surface area contributed by atoms with Gasteiger partial charge < -0.3 is 20.4 Å². The molecule has 2 rings (SSSR count). The van der Waals surface area contributed by atoms with Crippen molar-refractivity contribution in [2.24, 2.45) is 9.98 Å². The minimum absolute atomic E-state index is 0. The van der Waals surface area contributed by atoms with Crippen LogP contribution in [0.1, 0.15) is 31.8 Å². The van der Waals surface area contributed by atoms with Gasteiger partial charge in [0.15, 0.2) is 0 Å². The van der Waals surface area contributed by atoms with Crippen molar-refractivity contribution in [3.8, 4) is 11.5 Å². The van der Waals surface area contributed by atoms with Crippen molar-refractivity contribution in [2.75, 3.05) is 13.1 Å². The molecule has 0 saturated heterocycles. The van der Waals surface area contributed by atoms with Gasteiger partial charge in [0, 0.05) is 12.4 Å². The molecule has 0 saturated carbocycles. The number of hydrogen-bond acceptors (Lipinski definition) is 6. The number of para-hydroxylation sites is 2. The van der Waals surface area contributed by atoms with E-state index in [1.807, 2.05) is 0 Å². The van der Waals surface area contributed by atoms with Crippen molar-refractivity contribution in [3.63, 3.8) is 0 Å². The van der Waals surface area contributed by atoms with Gasteiger partial charge in [-0.05, 0) is 23.3 Å². The van der Waals surface area contributed by atoms with Gasteiger partial charge in [0.25, 0.3) is 0 Å². The Balaban J connectivity index is 0.00000364. The van der Waals surface area contributed by atoms with Gasteiger partial charge in [0.2, 0.25) is 0 Å². The SMILES string of the molecule is O=C(O)c1cccc(C=NCCN=Cc2cccc(C(=O)O)c2[O-])c1[O-].[Zn+2]. The van der Waals surface area contributed by atoms with Gasteiger partial charge in [0.05, 0.1) is 24.2 Å². The van der Waals surface area contributed by atoms with E-state index in [1.54, 1.807) is 0 Å². The van der Waals surface area contributed by atoms with Gasteiger partial charge in [0.1, 0.15) is 0 Å². The topological polar surface area (TPSA) is 145 Å². The van der Waals surface area contributed by atoms with Crippen LogP contribution in [0.3, 0.4) is 0 Å². The van der Waals surface area contributed by atoms with Crippen LogP contribution in [0, 0.1) is 0 Å². The Morgan fingerprint density at radius 3 is 1.52 bits per heavy atom. The summed E-state index contributed by atoms with van der Waals surface area (Å²) in [6, 6.07) is 8.27. The van der Waals surface area contributed by atoms with Crippen molar-refractivity contribution >= 4 is 24.4 Å². The van der Waals surface area contributed by atoms with Gasteiger partial charge >= 0.3 is 31.4 Å². The third-order valence-electron chi connectivity index (χ3n) is 3.37. The third kappa shape index (κ3) is 5.72. The van der Waals surface area contributed by atoms with Crippen LogP contribution in [0.15, 0.2) is 46.4 Å². The number of rotatable bonds is 7. The smallest absolute Gasteiger partial charge is 0.871 e. The fraction of sp³-hybridized carbons (Fsp3) is 0.111. The fourth-order valence-electron chi connectivity index (χ4n) is 2.09. The van der Waals surface area contributed by atoms with Crippen LogP contribution in [0.2, 0.25) is 0 Å². The molecule has 0 amide bonds. The van der Waals surface area contributed by atoms with E-state index >= 15 is 0 Å². The number of nitrogens with zero attached hydrogens (tertiary/aromatic N) is 2. The van der Waals surface area contributed by atoms with Crippen LogP contribution < -0.4 is 10.2 Å². The van der Waals surface area contributed by atoms with Crippen LogP contribution in [0.5, 0.6) is 11.5 Å². The van der Waals surface area contributed by atoms with E-state index in [9.17, 15) is 19.8 Å². The van der Waals surface area contributed by atoms with Gasteiger partial charge in [-0.1, -0.05) is 35.8 Å². The zero-order chi connectivity index (χ0) is 19.1. The van der Waals surface area contributed by atoms with Gasteiger partial charge in [-0.25, -0.2) is 9.59 Å². The molecule has 0 aromatic heterocycles. The molecule has 0 heterocycles. The number of carboxylic acids is 2. The Bertz CT molecular complexity index is 822. The summed E-state index contributed by atoms with van der Waals surface area (Å²) in [5.74, 6) is -3.83. The van der Waals surface area contributed by atoms with Crippen molar-refractivity contribution in [1.82, 2.24) is 0 Å². The number of hydrogen-bond donors (Lipinski definition) is 2. The molecule has 0 fully saturated rings. The van der Waals surface area contributed by atoms with Crippen LogP contribution in [-0.4, -0.2) is 47.7 Å². The molecular weight excluding hydrogens is 406 g/mol. The van der Waals surface area contributed by atoms with Crippen molar-refractivity contribution in [3.05, 3.63) is 58.7 Å². The molecule has 27 heavy (non-hydrogen) atoms. The average Bonchev–Trinajstić information content (AvgIpc) is 2.60.